The molecule has 1 heterocycles. The predicted molar refractivity (Wildman–Crippen MR) is 46.8 cm³/mol. The summed E-state index contributed by atoms with van der Waals surface area (Å²) < 4.78 is 49.0. The highest BCUT2D eigenvalue weighted by molar-refractivity contribution is 14.1. The number of nitrogens with zero attached hydrogens (tertiary/aromatic N) is 1. The molecule has 0 amide bonds. The summed E-state index contributed by atoms with van der Waals surface area (Å²) in [5.74, 6) is 0. The largest absolute Gasteiger partial charge is 0.433 e. The van der Waals surface area contributed by atoms with E-state index >= 15 is 0 Å². The average Bonchev–Trinajstić information content (AvgIpc) is 2.01. The summed E-state index contributed by atoms with van der Waals surface area (Å²) in [5, 5.41) is 0. The minimum Gasteiger partial charge on any atom is -0.250 e. The van der Waals surface area contributed by atoms with Crippen molar-refractivity contribution in [2.75, 3.05) is 0 Å². The number of hydrogen-bond acceptors (Lipinski definition) is 1. The summed E-state index contributed by atoms with van der Waals surface area (Å²) >= 11 is 1.78. The minimum atomic E-state index is -4.58. The Labute approximate surface area is 85.3 Å². The maximum atomic E-state index is 12.2. The van der Waals surface area contributed by atoms with E-state index in [9.17, 15) is 17.6 Å². The maximum absolute atomic E-state index is 12.2. The first kappa shape index (κ1) is 10.7. The van der Waals surface area contributed by atoms with Gasteiger partial charge in [-0.2, -0.15) is 13.2 Å². The number of rotatable bonds is 1. The Morgan fingerprint density at radius 1 is 1.38 bits per heavy atom. The topological polar surface area (TPSA) is 12.9 Å². The Hall–Kier alpha value is -0.400. The minimum absolute atomic E-state index is 0.417. The molecule has 0 radical (unpaired) electrons. The molecule has 0 aliphatic carbocycles. The molecule has 0 unspecified atom stereocenters. The Bertz CT molecular complexity index is 310. The van der Waals surface area contributed by atoms with Crippen LogP contribution < -0.4 is 0 Å². The lowest BCUT2D eigenvalue weighted by molar-refractivity contribution is -0.142. The van der Waals surface area contributed by atoms with Gasteiger partial charge in [0.1, 0.15) is 12.4 Å². The van der Waals surface area contributed by atoms with Gasteiger partial charge in [0.15, 0.2) is 0 Å². The SMILES string of the molecule is FCc1cc(I)cnc1C(F)(F)F. The first-order chi connectivity index (χ1) is 5.95. The zero-order valence-electron chi connectivity index (χ0n) is 6.20. The Kier molecular flexibility index (Phi) is 3.09. The second-order valence-electron chi connectivity index (χ2n) is 2.29. The summed E-state index contributed by atoms with van der Waals surface area (Å²) in [7, 11) is 0. The van der Waals surface area contributed by atoms with Crippen LogP contribution in [0.2, 0.25) is 0 Å². The molecule has 0 aliphatic rings. The summed E-state index contributed by atoms with van der Waals surface area (Å²) in [6, 6.07) is 1.14. The van der Waals surface area contributed by atoms with E-state index in [0.717, 1.165) is 12.3 Å². The lowest BCUT2D eigenvalue weighted by atomic mass is 10.2. The molecule has 6 heteroatoms. The number of halogens is 5. The molecular weight excluding hydrogens is 301 g/mol. The molecule has 13 heavy (non-hydrogen) atoms. The molecule has 0 N–H and O–H groups in total. The van der Waals surface area contributed by atoms with Crippen LogP contribution in [0.5, 0.6) is 0 Å². The first-order valence-corrected chi connectivity index (χ1v) is 4.30. The highest BCUT2D eigenvalue weighted by Crippen LogP contribution is 2.31. The van der Waals surface area contributed by atoms with E-state index in [0.29, 0.717) is 3.57 Å². The molecule has 0 spiro atoms. The van der Waals surface area contributed by atoms with Crippen molar-refractivity contribution in [3.63, 3.8) is 0 Å². The van der Waals surface area contributed by atoms with Crippen molar-refractivity contribution in [2.24, 2.45) is 0 Å². The van der Waals surface area contributed by atoms with Crippen molar-refractivity contribution < 1.29 is 17.6 Å². The molecule has 1 aromatic rings. The Morgan fingerprint density at radius 2 is 2.00 bits per heavy atom. The molecule has 0 bridgehead atoms. The van der Waals surface area contributed by atoms with Gasteiger partial charge in [-0.15, -0.1) is 0 Å². The van der Waals surface area contributed by atoms with Crippen LogP contribution in [0, 0.1) is 3.57 Å². The van der Waals surface area contributed by atoms with Crippen LogP contribution in [-0.2, 0) is 12.9 Å². The molecule has 0 saturated carbocycles. The summed E-state index contributed by atoms with van der Waals surface area (Å²) in [5.41, 5.74) is -1.56. The van der Waals surface area contributed by atoms with Crippen molar-refractivity contribution in [3.8, 4) is 0 Å². The van der Waals surface area contributed by atoms with Crippen molar-refractivity contribution in [1.29, 1.82) is 0 Å². The number of aromatic nitrogens is 1. The van der Waals surface area contributed by atoms with Crippen LogP contribution in [0.4, 0.5) is 17.6 Å². The zero-order chi connectivity index (χ0) is 10.1. The zero-order valence-corrected chi connectivity index (χ0v) is 8.36. The highest BCUT2D eigenvalue weighted by atomic mass is 127. The second kappa shape index (κ2) is 3.77. The van der Waals surface area contributed by atoms with Gasteiger partial charge >= 0.3 is 6.18 Å². The fourth-order valence-electron chi connectivity index (χ4n) is 0.838. The summed E-state index contributed by atoms with van der Waals surface area (Å²) in [6.07, 6.45) is -3.52. The van der Waals surface area contributed by atoms with Gasteiger partial charge in [0.2, 0.25) is 0 Å². The number of hydrogen-bond donors (Lipinski definition) is 0. The third kappa shape index (κ3) is 2.52. The second-order valence-corrected chi connectivity index (χ2v) is 3.54. The van der Waals surface area contributed by atoms with Crippen molar-refractivity contribution in [3.05, 3.63) is 27.1 Å². The fraction of sp³-hybridized carbons (Fsp3) is 0.286. The quantitative estimate of drug-likeness (QED) is 0.574. The van der Waals surface area contributed by atoms with Gasteiger partial charge in [0.25, 0.3) is 0 Å². The lowest BCUT2D eigenvalue weighted by Crippen LogP contribution is -2.11. The van der Waals surface area contributed by atoms with E-state index in [4.69, 9.17) is 0 Å². The van der Waals surface area contributed by atoms with Gasteiger partial charge in [0, 0.05) is 15.3 Å². The van der Waals surface area contributed by atoms with Gasteiger partial charge in [-0.3, -0.25) is 4.98 Å². The molecular formula is C7H4F4IN. The highest BCUT2D eigenvalue weighted by Gasteiger charge is 2.35. The van der Waals surface area contributed by atoms with Gasteiger partial charge in [-0.05, 0) is 28.7 Å². The summed E-state index contributed by atoms with van der Waals surface area (Å²) in [4.78, 5) is 3.15. The van der Waals surface area contributed by atoms with Crippen LogP contribution in [0.25, 0.3) is 0 Å². The fourth-order valence-corrected chi connectivity index (χ4v) is 1.35. The lowest BCUT2D eigenvalue weighted by Gasteiger charge is -2.08. The van der Waals surface area contributed by atoms with Crippen molar-refractivity contribution in [1.82, 2.24) is 4.98 Å². The van der Waals surface area contributed by atoms with E-state index in [1.165, 1.54) is 0 Å². The maximum Gasteiger partial charge on any atom is 0.433 e. The van der Waals surface area contributed by atoms with Crippen LogP contribution >= 0.6 is 22.6 Å². The monoisotopic (exact) mass is 305 g/mol. The van der Waals surface area contributed by atoms with Gasteiger partial charge in [-0.25, -0.2) is 4.39 Å². The van der Waals surface area contributed by atoms with Gasteiger partial charge in [-0.1, -0.05) is 0 Å². The van der Waals surface area contributed by atoms with Crippen LogP contribution in [-0.4, -0.2) is 4.98 Å². The summed E-state index contributed by atoms with van der Waals surface area (Å²) in [6.45, 7) is -1.15. The average molecular weight is 305 g/mol. The van der Waals surface area contributed by atoms with Crippen LogP contribution in [0.1, 0.15) is 11.3 Å². The Morgan fingerprint density at radius 3 is 2.46 bits per heavy atom. The molecule has 72 valence electrons. The number of alkyl halides is 4. The Balaban J connectivity index is 3.22. The van der Waals surface area contributed by atoms with E-state index in [1.807, 2.05) is 0 Å². The van der Waals surface area contributed by atoms with E-state index in [-0.39, 0.29) is 0 Å². The predicted octanol–water partition coefficient (Wildman–Crippen LogP) is 3.17. The third-order valence-corrected chi connectivity index (χ3v) is 1.94. The van der Waals surface area contributed by atoms with Gasteiger partial charge in [0.05, 0.1) is 0 Å². The standard InChI is InChI=1S/C7H4F4IN/c8-2-4-1-5(12)3-13-6(4)7(9,10)11/h1,3H,2H2. The molecule has 0 aliphatic heterocycles. The smallest absolute Gasteiger partial charge is 0.250 e. The third-order valence-electron chi connectivity index (χ3n) is 1.35. The van der Waals surface area contributed by atoms with Crippen LogP contribution in [0.15, 0.2) is 12.3 Å². The van der Waals surface area contributed by atoms with Crippen molar-refractivity contribution >= 4 is 22.6 Å². The normalized spacial score (nSPS) is 11.8. The molecule has 0 fully saturated rings. The van der Waals surface area contributed by atoms with E-state index < -0.39 is 24.1 Å². The number of pyridine rings is 1. The first-order valence-electron chi connectivity index (χ1n) is 3.22. The van der Waals surface area contributed by atoms with Crippen molar-refractivity contribution in [2.45, 2.75) is 12.9 Å². The molecule has 1 rings (SSSR count). The van der Waals surface area contributed by atoms with E-state index in [1.54, 1.807) is 22.6 Å². The van der Waals surface area contributed by atoms with Crippen LogP contribution in [0.3, 0.4) is 0 Å². The molecule has 0 saturated heterocycles. The van der Waals surface area contributed by atoms with E-state index in [2.05, 4.69) is 4.98 Å². The molecule has 0 atom stereocenters. The molecule has 0 aromatic carbocycles. The molecule has 1 nitrogen and oxygen atoms in total. The van der Waals surface area contributed by atoms with Gasteiger partial charge < -0.3 is 0 Å². The molecule has 1 aromatic heterocycles.